The van der Waals surface area contributed by atoms with Gasteiger partial charge in [-0.25, -0.2) is 12.1 Å². The molecule has 0 saturated heterocycles. The summed E-state index contributed by atoms with van der Waals surface area (Å²) in [6, 6.07) is 37.2. The summed E-state index contributed by atoms with van der Waals surface area (Å²) in [4.78, 5) is 0. The maximum Gasteiger partial charge on any atom is 0 e. The molecular weight excluding hydrogens is 818 g/mol. The second kappa shape index (κ2) is 17.3. The summed E-state index contributed by atoms with van der Waals surface area (Å²) in [6.07, 6.45) is 1.01. The molecule has 0 fully saturated rings. The standard InChI is InChI=1S/C29H41.C13H8Cl2.C5H5.2Zr/c1-26(2,3)22-14-18-13-19-15-23(27(4,5)6)25(29(10,11)12)17-21(19)20(18)16-24(22)28(7,8)9;14-12-5-1-3-10(8-12)7-11-4-2-6-13(15)9-11;1-2-4-5-3-1;;/h14,16-17H,13H2,1-12H3;1-6,8-9H;1-5H;;/q-1;;-1;;+2. The molecule has 0 nitrogen and oxygen atoms in total. The van der Waals surface area contributed by atoms with Crippen LogP contribution in [0.2, 0.25) is 10.0 Å². The Kier molecular flexibility index (Phi) is 14.9. The van der Waals surface area contributed by atoms with Gasteiger partial charge in [-0.15, -0.1) is 16.7 Å². The molecule has 1 aliphatic carbocycles. The van der Waals surface area contributed by atoms with Gasteiger partial charge in [0.1, 0.15) is 0 Å². The Hall–Kier alpha value is -1.55. The van der Waals surface area contributed by atoms with Crippen molar-refractivity contribution < 1.29 is 50.4 Å². The van der Waals surface area contributed by atoms with Crippen molar-refractivity contribution in [3.8, 4) is 11.1 Å². The first-order valence-corrected chi connectivity index (χ1v) is 19.6. The van der Waals surface area contributed by atoms with Gasteiger partial charge in [-0.05, 0) is 39.4 Å². The molecule has 4 heteroatoms. The van der Waals surface area contributed by atoms with Gasteiger partial charge in [0.2, 0.25) is 0 Å². The van der Waals surface area contributed by atoms with Crippen LogP contribution in [-0.2, 0) is 78.5 Å². The van der Waals surface area contributed by atoms with Crippen LogP contribution in [0.3, 0.4) is 0 Å². The molecule has 6 rings (SSSR count). The SMILES string of the molecule is CC(C)(C)c1[c-]c2c(cc1C(C)(C)C)-c1cc(C(C)(C)C)c(C(C)(C)C)cc1C2.Clc1cccc([C](=[Zr+2])c2cccc(Cl)c2)c1.[Zr].c1cc[cH-]c1. The predicted octanol–water partition coefficient (Wildman–Crippen LogP) is 13.8. The third-order valence-electron chi connectivity index (χ3n) is 9.02. The van der Waals surface area contributed by atoms with Gasteiger partial charge in [0.05, 0.1) is 0 Å². The van der Waals surface area contributed by atoms with Crippen LogP contribution >= 0.6 is 23.2 Å². The van der Waals surface area contributed by atoms with Gasteiger partial charge in [-0.3, -0.25) is 0 Å². The van der Waals surface area contributed by atoms with E-state index in [-0.39, 0.29) is 47.9 Å². The summed E-state index contributed by atoms with van der Waals surface area (Å²) in [5.74, 6) is 0. The van der Waals surface area contributed by atoms with Crippen molar-refractivity contribution in [2.45, 2.75) is 111 Å². The van der Waals surface area contributed by atoms with Crippen LogP contribution in [0.5, 0.6) is 0 Å². The summed E-state index contributed by atoms with van der Waals surface area (Å²) >= 11 is 13.3. The van der Waals surface area contributed by atoms with E-state index in [0.29, 0.717) is 0 Å². The zero-order valence-corrected chi connectivity index (χ0v) is 39.1. The molecule has 51 heavy (non-hydrogen) atoms. The Labute approximate surface area is 353 Å². The fourth-order valence-corrected chi connectivity index (χ4v) is 7.55. The maximum atomic E-state index is 5.98. The molecule has 1 aliphatic rings. The Morgan fingerprint density at radius 2 is 1.04 bits per heavy atom. The zero-order valence-electron chi connectivity index (χ0n) is 32.7. The Bertz CT molecular complexity index is 1790. The van der Waals surface area contributed by atoms with Crippen molar-refractivity contribution in [3.63, 3.8) is 0 Å². The van der Waals surface area contributed by atoms with Crippen molar-refractivity contribution in [1.29, 1.82) is 0 Å². The van der Waals surface area contributed by atoms with Gasteiger partial charge in [0.25, 0.3) is 0 Å². The molecule has 0 aliphatic heterocycles. The van der Waals surface area contributed by atoms with Gasteiger partial charge in [0, 0.05) is 26.2 Å². The molecular formula is C47H54Cl2Zr2. The molecule has 0 saturated carbocycles. The first-order valence-electron chi connectivity index (χ1n) is 17.6. The molecule has 0 bridgehead atoms. The fraction of sp³-hybridized carbons (Fsp3) is 0.362. The summed E-state index contributed by atoms with van der Waals surface area (Å²) in [7, 11) is 0. The van der Waals surface area contributed by atoms with Crippen molar-refractivity contribution in [2.75, 3.05) is 0 Å². The molecule has 0 amide bonds. The van der Waals surface area contributed by atoms with E-state index in [4.69, 9.17) is 23.2 Å². The van der Waals surface area contributed by atoms with Crippen molar-refractivity contribution in [2.24, 2.45) is 0 Å². The van der Waals surface area contributed by atoms with E-state index in [2.05, 4.69) is 119 Å². The third-order valence-corrected chi connectivity index (χ3v) is 10.9. The number of rotatable bonds is 2. The Balaban J connectivity index is 0.000000265. The molecule has 0 radical (unpaired) electrons. The number of halogens is 2. The summed E-state index contributed by atoms with van der Waals surface area (Å²) < 4.78 is 1.26. The van der Waals surface area contributed by atoms with Gasteiger partial charge in [-0.2, -0.15) is 35.9 Å². The normalized spacial score (nSPS) is 12.4. The zero-order chi connectivity index (χ0) is 37.2. The minimum absolute atomic E-state index is 0. The molecule has 5 aromatic carbocycles. The average Bonchev–Trinajstić information content (AvgIpc) is 3.70. The molecule has 5 aromatic rings. The molecule has 0 atom stereocenters. The van der Waals surface area contributed by atoms with E-state index in [0.717, 1.165) is 27.6 Å². The van der Waals surface area contributed by atoms with Gasteiger partial charge in [0.15, 0.2) is 0 Å². The van der Waals surface area contributed by atoms with E-state index in [1.807, 2.05) is 66.7 Å². The van der Waals surface area contributed by atoms with Crippen LogP contribution in [0.15, 0.2) is 97.1 Å². The number of hydrogen-bond donors (Lipinski definition) is 0. The van der Waals surface area contributed by atoms with Crippen LogP contribution in [0.1, 0.15) is 128 Å². The van der Waals surface area contributed by atoms with E-state index in [1.165, 1.54) is 71.9 Å². The quantitative estimate of drug-likeness (QED) is 0.152. The van der Waals surface area contributed by atoms with E-state index in [1.54, 1.807) is 0 Å². The summed E-state index contributed by atoms with van der Waals surface area (Å²) in [5.41, 5.74) is 14.3. The summed E-state index contributed by atoms with van der Waals surface area (Å²) in [6.45, 7) is 28.0. The number of fused-ring (bicyclic) bond motifs is 3. The average molecular weight is 872 g/mol. The molecule has 0 N–H and O–H groups in total. The third kappa shape index (κ3) is 11.5. The Morgan fingerprint density at radius 3 is 1.43 bits per heavy atom. The first kappa shape index (κ1) is 43.8. The molecule has 264 valence electrons. The number of benzene rings is 4. The van der Waals surface area contributed by atoms with Gasteiger partial charge in [-0.1, -0.05) is 106 Å². The minimum Gasteiger partial charge on any atom is -0.214 e. The topological polar surface area (TPSA) is 0 Å². The van der Waals surface area contributed by atoms with Crippen LogP contribution < -0.4 is 0 Å². The second-order valence-electron chi connectivity index (χ2n) is 17.5. The summed E-state index contributed by atoms with van der Waals surface area (Å²) in [5, 5.41) is 1.53. The Morgan fingerprint density at radius 1 is 0.588 bits per heavy atom. The van der Waals surface area contributed by atoms with Gasteiger partial charge < -0.3 is 0 Å². The molecule has 0 heterocycles. The van der Waals surface area contributed by atoms with Crippen molar-refractivity contribution in [1.82, 2.24) is 0 Å². The number of hydrogen-bond acceptors (Lipinski definition) is 0. The first-order chi connectivity index (χ1) is 23.1. The van der Waals surface area contributed by atoms with Crippen LogP contribution in [0.4, 0.5) is 0 Å². The van der Waals surface area contributed by atoms with E-state index < -0.39 is 0 Å². The second-order valence-corrected chi connectivity index (χ2v) is 19.6. The molecule has 0 unspecified atom stereocenters. The monoisotopic (exact) mass is 868 g/mol. The van der Waals surface area contributed by atoms with Crippen LogP contribution in [0.25, 0.3) is 11.1 Å². The predicted molar refractivity (Wildman–Crippen MR) is 216 cm³/mol. The molecule has 0 aromatic heterocycles. The van der Waals surface area contributed by atoms with Crippen LogP contribution in [-0.4, -0.2) is 3.21 Å². The van der Waals surface area contributed by atoms with Gasteiger partial charge >= 0.3 is 120 Å². The van der Waals surface area contributed by atoms with Crippen molar-refractivity contribution in [3.05, 3.63) is 158 Å². The largest absolute Gasteiger partial charge is 0.214 e. The fourth-order valence-electron chi connectivity index (χ4n) is 6.40. The van der Waals surface area contributed by atoms with E-state index in [9.17, 15) is 0 Å². The smallest absolute Gasteiger partial charge is 0 e. The van der Waals surface area contributed by atoms with Crippen molar-refractivity contribution >= 4 is 26.4 Å². The van der Waals surface area contributed by atoms with E-state index >= 15 is 0 Å². The maximum absolute atomic E-state index is 5.98. The van der Waals surface area contributed by atoms with Crippen LogP contribution in [0, 0.1) is 6.07 Å². The molecule has 0 spiro atoms. The minimum atomic E-state index is 0.